The van der Waals surface area contributed by atoms with Gasteiger partial charge in [0.1, 0.15) is 5.75 Å². The average Bonchev–Trinajstić information content (AvgIpc) is 2.53. The third-order valence-corrected chi connectivity index (χ3v) is 4.43. The Morgan fingerprint density at radius 1 is 1.19 bits per heavy atom. The van der Waals surface area contributed by atoms with E-state index < -0.39 is 0 Å². The summed E-state index contributed by atoms with van der Waals surface area (Å²) in [5.41, 5.74) is 1.19. The van der Waals surface area contributed by atoms with Crippen LogP contribution in [0.2, 0.25) is 0 Å². The fourth-order valence-corrected chi connectivity index (χ4v) is 3.09. The van der Waals surface area contributed by atoms with E-state index >= 15 is 0 Å². The zero-order valence-corrected chi connectivity index (χ0v) is 13.6. The number of benzene rings is 1. The second-order valence-corrected chi connectivity index (χ2v) is 6.07. The monoisotopic (exact) mass is 291 g/mol. The van der Waals surface area contributed by atoms with Gasteiger partial charge in [-0.3, -0.25) is 0 Å². The molecule has 0 heterocycles. The van der Waals surface area contributed by atoms with E-state index in [0.29, 0.717) is 12.7 Å². The molecule has 1 N–H and O–H groups in total. The molecule has 1 atom stereocenters. The molecule has 0 aliphatic heterocycles. The standard InChI is InChI=1S/C18H29NO2/c1-4-19-17(16-7-5-6-8-18(16)20-3)13-21-15-11-9-14(2)10-12-15/h5-8,14-15,17,19H,4,9-13H2,1-3H3. The number of likely N-dealkylation sites (N-methyl/N-ethyl adjacent to an activating group) is 1. The van der Waals surface area contributed by atoms with Gasteiger partial charge in [0.05, 0.1) is 25.9 Å². The van der Waals surface area contributed by atoms with Crippen molar-refractivity contribution in [1.29, 1.82) is 0 Å². The first kappa shape index (κ1) is 16.3. The van der Waals surface area contributed by atoms with Crippen LogP contribution in [0.25, 0.3) is 0 Å². The zero-order valence-electron chi connectivity index (χ0n) is 13.6. The molecular formula is C18H29NO2. The van der Waals surface area contributed by atoms with Gasteiger partial charge in [-0.25, -0.2) is 0 Å². The zero-order chi connectivity index (χ0) is 15.1. The topological polar surface area (TPSA) is 30.5 Å². The Morgan fingerprint density at radius 3 is 2.57 bits per heavy atom. The first-order valence-electron chi connectivity index (χ1n) is 8.22. The van der Waals surface area contributed by atoms with Crippen molar-refractivity contribution in [2.75, 3.05) is 20.3 Å². The fourth-order valence-electron chi connectivity index (χ4n) is 3.09. The summed E-state index contributed by atoms with van der Waals surface area (Å²) in [6, 6.07) is 8.41. The molecule has 3 heteroatoms. The summed E-state index contributed by atoms with van der Waals surface area (Å²) in [5, 5.41) is 3.52. The van der Waals surface area contributed by atoms with E-state index in [9.17, 15) is 0 Å². The van der Waals surface area contributed by atoms with Crippen LogP contribution < -0.4 is 10.1 Å². The summed E-state index contributed by atoms with van der Waals surface area (Å²) in [7, 11) is 1.73. The molecule has 0 bridgehead atoms. The van der Waals surface area contributed by atoms with Gasteiger partial charge in [-0.1, -0.05) is 32.0 Å². The Morgan fingerprint density at radius 2 is 1.90 bits per heavy atom. The molecule has 1 aromatic rings. The highest BCUT2D eigenvalue weighted by Crippen LogP contribution is 2.28. The van der Waals surface area contributed by atoms with Gasteiger partial charge in [0, 0.05) is 5.56 Å². The van der Waals surface area contributed by atoms with Gasteiger partial charge in [-0.15, -0.1) is 0 Å². The Balaban J connectivity index is 1.95. The molecule has 1 fully saturated rings. The van der Waals surface area contributed by atoms with E-state index in [1.807, 2.05) is 12.1 Å². The van der Waals surface area contributed by atoms with Gasteiger partial charge in [-0.2, -0.15) is 0 Å². The third kappa shape index (κ3) is 4.72. The van der Waals surface area contributed by atoms with Crippen LogP contribution in [-0.4, -0.2) is 26.4 Å². The smallest absolute Gasteiger partial charge is 0.123 e. The number of hydrogen-bond acceptors (Lipinski definition) is 3. The van der Waals surface area contributed by atoms with Crippen LogP contribution in [-0.2, 0) is 4.74 Å². The fraction of sp³-hybridized carbons (Fsp3) is 0.667. The molecule has 0 spiro atoms. The minimum atomic E-state index is 0.200. The van der Waals surface area contributed by atoms with E-state index in [4.69, 9.17) is 9.47 Å². The molecule has 3 nitrogen and oxygen atoms in total. The summed E-state index contributed by atoms with van der Waals surface area (Å²) in [6.45, 7) is 6.11. The highest BCUT2D eigenvalue weighted by atomic mass is 16.5. The average molecular weight is 291 g/mol. The normalized spacial score (nSPS) is 23.8. The van der Waals surface area contributed by atoms with Crippen LogP contribution in [0.5, 0.6) is 5.75 Å². The van der Waals surface area contributed by atoms with Crippen LogP contribution >= 0.6 is 0 Å². The molecule has 0 radical (unpaired) electrons. The van der Waals surface area contributed by atoms with Crippen molar-refractivity contribution in [3.8, 4) is 5.75 Å². The SMILES string of the molecule is CCNC(COC1CCC(C)CC1)c1ccccc1OC. The molecule has 21 heavy (non-hydrogen) atoms. The summed E-state index contributed by atoms with van der Waals surface area (Å²) in [5.74, 6) is 1.80. The first-order valence-corrected chi connectivity index (χ1v) is 8.22. The van der Waals surface area contributed by atoms with Crippen molar-refractivity contribution in [3.63, 3.8) is 0 Å². The summed E-state index contributed by atoms with van der Waals surface area (Å²) < 4.78 is 11.7. The number of rotatable bonds is 7. The molecule has 0 saturated heterocycles. The predicted molar refractivity (Wildman–Crippen MR) is 86.8 cm³/mol. The number of methoxy groups -OCH3 is 1. The maximum Gasteiger partial charge on any atom is 0.123 e. The molecule has 0 amide bonds. The Labute approximate surface area is 129 Å². The van der Waals surface area contributed by atoms with Crippen LogP contribution in [0.1, 0.15) is 51.1 Å². The van der Waals surface area contributed by atoms with Gasteiger partial charge in [0.25, 0.3) is 0 Å². The quantitative estimate of drug-likeness (QED) is 0.825. The Kier molecular flexibility index (Phi) is 6.52. The highest BCUT2D eigenvalue weighted by Gasteiger charge is 2.21. The van der Waals surface area contributed by atoms with Crippen molar-refractivity contribution in [1.82, 2.24) is 5.32 Å². The van der Waals surface area contributed by atoms with Crippen LogP contribution in [0, 0.1) is 5.92 Å². The molecular weight excluding hydrogens is 262 g/mol. The second-order valence-electron chi connectivity index (χ2n) is 6.07. The minimum absolute atomic E-state index is 0.200. The lowest BCUT2D eigenvalue weighted by Gasteiger charge is -2.28. The number of hydrogen-bond donors (Lipinski definition) is 1. The molecule has 1 aromatic carbocycles. The lowest BCUT2D eigenvalue weighted by molar-refractivity contribution is 0.00782. The molecule has 2 rings (SSSR count). The van der Waals surface area contributed by atoms with Gasteiger partial charge < -0.3 is 14.8 Å². The van der Waals surface area contributed by atoms with Crippen LogP contribution in [0.15, 0.2) is 24.3 Å². The maximum atomic E-state index is 6.18. The molecule has 1 aliphatic rings. The van der Waals surface area contributed by atoms with Crippen LogP contribution in [0.3, 0.4) is 0 Å². The van der Waals surface area contributed by atoms with E-state index in [1.165, 1.54) is 31.2 Å². The summed E-state index contributed by atoms with van der Waals surface area (Å²) >= 11 is 0. The molecule has 1 unspecified atom stereocenters. The van der Waals surface area contributed by atoms with E-state index in [2.05, 4.69) is 31.3 Å². The van der Waals surface area contributed by atoms with Crippen molar-refractivity contribution < 1.29 is 9.47 Å². The molecule has 1 saturated carbocycles. The van der Waals surface area contributed by atoms with Gasteiger partial charge >= 0.3 is 0 Å². The van der Waals surface area contributed by atoms with Crippen LogP contribution in [0.4, 0.5) is 0 Å². The maximum absolute atomic E-state index is 6.18. The van der Waals surface area contributed by atoms with Gasteiger partial charge in [-0.05, 0) is 44.2 Å². The van der Waals surface area contributed by atoms with Crippen molar-refractivity contribution >= 4 is 0 Å². The molecule has 118 valence electrons. The molecule has 1 aliphatic carbocycles. The number of para-hydroxylation sites is 1. The van der Waals surface area contributed by atoms with Crippen molar-refractivity contribution in [2.24, 2.45) is 5.92 Å². The number of ether oxygens (including phenoxy) is 2. The van der Waals surface area contributed by atoms with Gasteiger partial charge in [0.2, 0.25) is 0 Å². The summed E-state index contributed by atoms with van der Waals surface area (Å²) in [6.07, 6.45) is 5.42. The second kappa shape index (κ2) is 8.40. The van der Waals surface area contributed by atoms with E-state index in [0.717, 1.165) is 18.2 Å². The van der Waals surface area contributed by atoms with Crippen molar-refractivity contribution in [3.05, 3.63) is 29.8 Å². The largest absolute Gasteiger partial charge is 0.496 e. The Bertz CT molecular complexity index is 413. The minimum Gasteiger partial charge on any atom is -0.496 e. The lowest BCUT2D eigenvalue weighted by Crippen LogP contribution is -2.29. The number of nitrogens with one attached hydrogen (secondary N) is 1. The summed E-state index contributed by atoms with van der Waals surface area (Å²) in [4.78, 5) is 0. The van der Waals surface area contributed by atoms with Crippen molar-refractivity contribution in [2.45, 2.75) is 51.7 Å². The Hall–Kier alpha value is -1.06. The van der Waals surface area contributed by atoms with E-state index in [1.54, 1.807) is 7.11 Å². The highest BCUT2D eigenvalue weighted by molar-refractivity contribution is 5.35. The van der Waals surface area contributed by atoms with E-state index in [-0.39, 0.29) is 6.04 Å². The third-order valence-electron chi connectivity index (χ3n) is 4.43. The van der Waals surface area contributed by atoms with Gasteiger partial charge in [0.15, 0.2) is 0 Å². The first-order chi connectivity index (χ1) is 10.2. The molecule has 0 aromatic heterocycles. The lowest BCUT2D eigenvalue weighted by atomic mass is 9.89. The predicted octanol–water partition coefficient (Wildman–Crippen LogP) is 3.94.